The van der Waals surface area contributed by atoms with Crippen LogP contribution in [-0.2, 0) is 11.2 Å². The lowest BCUT2D eigenvalue weighted by atomic mass is 9.95. The van der Waals surface area contributed by atoms with Gasteiger partial charge >= 0.3 is 5.97 Å². The number of aliphatic carboxylic acids is 1. The number of carbonyl (C=O) groups is 1. The van der Waals surface area contributed by atoms with Gasteiger partial charge in [0.1, 0.15) is 0 Å². The van der Waals surface area contributed by atoms with Crippen molar-refractivity contribution in [3.05, 3.63) is 58.1 Å². The third-order valence-electron chi connectivity index (χ3n) is 3.16. The van der Waals surface area contributed by atoms with Crippen molar-refractivity contribution in [2.45, 2.75) is 12.8 Å². The first-order valence-electron chi connectivity index (χ1n) is 6.33. The zero-order valence-electron chi connectivity index (χ0n) is 11.2. The minimum atomic E-state index is -0.874. The Hall–Kier alpha value is -2.89. The van der Waals surface area contributed by atoms with E-state index in [1.807, 2.05) is 24.3 Å². The number of anilines is 1. The van der Waals surface area contributed by atoms with Crippen LogP contribution in [0.2, 0.25) is 0 Å². The van der Waals surface area contributed by atoms with Gasteiger partial charge in [-0.05, 0) is 23.6 Å². The standard InChI is InChI=1S/C15H14N2O4/c16-14-9-11(17(20)21)6-7-13(14)12-4-2-1-3-10(12)5-8-15(18)19/h1-4,6-7,9H,5,8,16H2,(H,18,19). The van der Waals surface area contributed by atoms with Gasteiger partial charge in [-0.25, -0.2) is 0 Å². The molecule has 6 heteroatoms. The summed E-state index contributed by atoms with van der Waals surface area (Å²) in [5.41, 5.74) is 8.44. The summed E-state index contributed by atoms with van der Waals surface area (Å²) >= 11 is 0. The predicted molar refractivity (Wildman–Crippen MR) is 78.9 cm³/mol. The number of hydrogen-bond donors (Lipinski definition) is 2. The number of nitro groups is 1. The van der Waals surface area contributed by atoms with Gasteiger partial charge in [-0.15, -0.1) is 0 Å². The molecule has 0 bridgehead atoms. The van der Waals surface area contributed by atoms with Crippen LogP contribution in [0.5, 0.6) is 0 Å². The highest BCUT2D eigenvalue weighted by molar-refractivity contribution is 5.80. The Balaban J connectivity index is 2.42. The zero-order chi connectivity index (χ0) is 15.4. The van der Waals surface area contributed by atoms with Gasteiger partial charge in [-0.1, -0.05) is 24.3 Å². The van der Waals surface area contributed by atoms with Crippen molar-refractivity contribution in [1.82, 2.24) is 0 Å². The third kappa shape index (κ3) is 3.36. The number of nitro benzene ring substituents is 1. The first-order chi connectivity index (χ1) is 9.99. The monoisotopic (exact) mass is 286 g/mol. The lowest BCUT2D eigenvalue weighted by molar-refractivity contribution is -0.384. The van der Waals surface area contributed by atoms with E-state index in [4.69, 9.17) is 10.8 Å². The molecule has 0 amide bonds. The third-order valence-corrected chi connectivity index (χ3v) is 3.16. The number of rotatable bonds is 5. The second-order valence-corrected chi connectivity index (χ2v) is 4.58. The van der Waals surface area contributed by atoms with Crippen molar-refractivity contribution in [2.24, 2.45) is 0 Å². The predicted octanol–water partition coefficient (Wildman–Crippen LogP) is 2.86. The van der Waals surface area contributed by atoms with Crippen molar-refractivity contribution < 1.29 is 14.8 Å². The Labute approximate surface area is 121 Å². The largest absolute Gasteiger partial charge is 0.481 e. The molecule has 2 aromatic carbocycles. The summed E-state index contributed by atoms with van der Waals surface area (Å²) in [5.74, 6) is -0.874. The number of benzene rings is 2. The summed E-state index contributed by atoms with van der Waals surface area (Å²) in [6.07, 6.45) is 0.395. The molecular formula is C15H14N2O4. The fraction of sp³-hybridized carbons (Fsp3) is 0.133. The Morgan fingerprint density at radius 1 is 1.19 bits per heavy atom. The fourth-order valence-electron chi connectivity index (χ4n) is 2.15. The molecule has 108 valence electrons. The maximum atomic E-state index is 10.7. The van der Waals surface area contributed by atoms with Gasteiger partial charge in [0.25, 0.3) is 5.69 Å². The second-order valence-electron chi connectivity index (χ2n) is 4.58. The van der Waals surface area contributed by atoms with Gasteiger partial charge in [0, 0.05) is 29.8 Å². The van der Waals surface area contributed by atoms with Crippen LogP contribution in [0.1, 0.15) is 12.0 Å². The van der Waals surface area contributed by atoms with Crippen LogP contribution >= 0.6 is 0 Å². The van der Waals surface area contributed by atoms with Crippen LogP contribution < -0.4 is 5.73 Å². The molecule has 0 aromatic heterocycles. The van der Waals surface area contributed by atoms with Gasteiger partial charge in [-0.2, -0.15) is 0 Å². The molecule has 3 N–H and O–H groups in total. The molecule has 2 rings (SSSR count). The van der Waals surface area contributed by atoms with Gasteiger partial charge in [0.15, 0.2) is 0 Å². The van der Waals surface area contributed by atoms with Crippen LogP contribution in [0.15, 0.2) is 42.5 Å². The maximum absolute atomic E-state index is 10.7. The molecule has 0 aliphatic carbocycles. The lowest BCUT2D eigenvalue weighted by Crippen LogP contribution is -2.00. The fourth-order valence-corrected chi connectivity index (χ4v) is 2.15. The van der Waals surface area contributed by atoms with E-state index >= 15 is 0 Å². The van der Waals surface area contributed by atoms with Gasteiger partial charge in [-0.3, -0.25) is 14.9 Å². The minimum absolute atomic E-state index is 0.0178. The molecule has 0 unspecified atom stereocenters. The van der Waals surface area contributed by atoms with E-state index in [1.165, 1.54) is 12.1 Å². The molecule has 0 fully saturated rings. The molecule has 0 atom stereocenters. The number of non-ortho nitro benzene ring substituents is 1. The minimum Gasteiger partial charge on any atom is -0.481 e. The smallest absolute Gasteiger partial charge is 0.303 e. The molecule has 0 saturated carbocycles. The molecular weight excluding hydrogens is 272 g/mol. The van der Waals surface area contributed by atoms with E-state index in [0.29, 0.717) is 17.7 Å². The van der Waals surface area contributed by atoms with Crippen molar-refractivity contribution in [1.29, 1.82) is 0 Å². The van der Waals surface area contributed by atoms with E-state index in [2.05, 4.69) is 0 Å². The molecule has 0 heterocycles. The van der Waals surface area contributed by atoms with E-state index in [9.17, 15) is 14.9 Å². The van der Waals surface area contributed by atoms with E-state index in [0.717, 1.165) is 11.1 Å². The highest BCUT2D eigenvalue weighted by Gasteiger charge is 2.13. The first-order valence-corrected chi connectivity index (χ1v) is 6.33. The first kappa shape index (κ1) is 14.5. The molecule has 0 aliphatic rings. The quantitative estimate of drug-likeness (QED) is 0.499. The van der Waals surface area contributed by atoms with Gasteiger partial charge in [0.2, 0.25) is 0 Å². The number of aryl methyl sites for hydroxylation is 1. The summed E-state index contributed by atoms with van der Waals surface area (Å²) in [4.78, 5) is 20.9. The lowest BCUT2D eigenvalue weighted by Gasteiger charge is -2.11. The maximum Gasteiger partial charge on any atom is 0.303 e. The summed E-state index contributed by atoms with van der Waals surface area (Å²) in [5, 5.41) is 19.5. The molecule has 0 spiro atoms. The highest BCUT2D eigenvalue weighted by Crippen LogP contribution is 2.32. The van der Waals surface area contributed by atoms with Crippen LogP contribution in [0.4, 0.5) is 11.4 Å². The normalized spacial score (nSPS) is 10.3. The summed E-state index contributed by atoms with van der Waals surface area (Å²) in [6, 6.07) is 11.6. The van der Waals surface area contributed by atoms with Crippen LogP contribution in [-0.4, -0.2) is 16.0 Å². The Morgan fingerprint density at radius 3 is 2.52 bits per heavy atom. The van der Waals surface area contributed by atoms with Crippen LogP contribution in [0, 0.1) is 10.1 Å². The topological polar surface area (TPSA) is 106 Å². The van der Waals surface area contributed by atoms with E-state index < -0.39 is 10.9 Å². The van der Waals surface area contributed by atoms with Gasteiger partial charge < -0.3 is 10.8 Å². The van der Waals surface area contributed by atoms with Crippen molar-refractivity contribution in [3.63, 3.8) is 0 Å². The molecule has 6 nitrogen and oxygen atoms in total. The summed E-state index contributed by atoms with van der Waals surface area (Å²) in [6.45, 7) is 0. The molecule has 21 heavy (non-hydrogen) atoms. The Morgan fingerprint density at radius 2 is 1.90 bits per heavy atom. The van der Waals surface area contributed by atoms with Crippen molar-refractivity contribution in [2.75, 3.05) is 5.73 Å². The Bertz CT molecular complexity index is 698. The number of nitrogens with two attached hydrogens (primary N) is 1. The number of carboxylic acid groups (broad SMARTS) is 1. The van der Waals surface area contributed by atoms with Gasteiger partial charge in [0.05, 0.1) is 4.92 Å². The van der Waals surface area contributed by atoms with Crippen LogP contribution in [0.3, 0.4) is 0 Å². The van der Waals surface area contributed by atoms with E-state index in [1.54, 1.807) is 6.07 Å². The van der Waals surface area contributed by atoms with Crippen LogP contribution in [0.25, 0.3) is 11.1 Å². The average molecular weight is 286 g/mol. The highest BCUT2D eigenvalue weighted by atomic mass is 16.6. The molecule has 0 aliphatic heterocycles. The molecule has 2 aromatic rings. The number of nitrogens with zero attached hydrogens (tertiary/aromatic N) is 1. The summed E-state index contributed by atoms with van der Waals surface area (Å²) in [7, 11) is 0. The number of hydrogen-bond acceptors (Lipinski definition) is 4. The van der Waals surface area contributed by atoms with Crippen molar-refractivity contribution in [3.8, 4) is 11.1 Å². The molecule has 0 radical (unpaired) electrons. The average Bonchev–Trinajstić information content (AvgIpc) is 2.45. The zero-order valence-corrected chi connectivity index (χ0v) is 11.2. The Kier molecular flexibility index (Phi) is 4.18. The second kappa shape index (κ2) is 6.04. The van der Waals surface area contributed by atoms with E-state index in [-0.39, 0.29) is 12.1 Å². The number of carboxylic acids is 1. The SMILES string of the molecule is Nc1cc([N+](=O)[O-])ccc1-c1ccccc1CCC(=O)O. The van der Waals surface area contributed by atoms with Crippen molar-refractivity contribution >= 4 is 17.3 Å². The summed E-state index contributed by atoms with van der Waals surface area (Å²) < 4.78 is 0. The number of nitrogen functional groups attached to an aromatic ring is 1. The molecule has 0 saturated heterocycles.